The largest absolute Gasteiger partial charge is 0.356 e. The van der Waals surface area contributed by atoms with Crippen LogP contribution in [0.15, 0.2) is 31.1 Å². The highest BCUT2D eigenvalue weighted by molar-refractivity contribution is 5.87. The van der Waals surface area contributed by atoms with Gasteiger partial charge in [-0.1, -0.05) is 6.58 Å². The fraction of sp³-hybridized carbons (Fsp3) is 0.579. The number of carbonyl (C=O) groups is 2. The monoisotopic (exact) mass is 357 g/mol. The molecule has 26 heavy (non-hydrogen) atoms. The average Bonchev–Trinajstić information content (AvgIpc) is 2.72. The van der Waals surface area contributed by atoms with Gasteiger partial charge in [0.15, 0.2) is 0 Å². The molecule has 0 radical (unpaired) electrons. The molecule has 1 unspecified atom stereocenters. The fourth-order valence-electron chi connectivity index (χ4n) is 3.75. The Balaban J connectivity index is 1.43. The Labute approximate surface area is 154 Å². The smallest absolute Gasteiger partial charge is 0.245 e. The Morgan fingerprint density at radius 3 is 2.62 bits per heavy atom. The zero-order valence-corrected chi connectivity index (χ0v) is 15.1. The lowest BCUT2D eigenvalue weighted by atomic mass is 9.94. The van der Waals surface area contributed by atoms with E-state index in [1.165, 1.54) is 6.08 Å². The molecule has 1 aromatic rings. The van der Waals surface area contributed by atoms with Crippen LogP contribution in [0.25, 0.3) is 0 Å². The number of anilines is 1. The molecule has 2 aliphatic rings. The summed E-state index contributed by atoms with van der Waals surface area (Å²) < 4.78 is 0. The number of piperidine rings is 2. The van der Waals surface area contributed by atoms with Crippen LogP contribution >= 0.6 is 0 Å². The molecule has 0 saturated carbocycles. The van der Waals surface area contributed by atoms with Crippen molar-refractivity contribution >= 4 is 17.8 Å². The van der Waals surface area contributed by atoms with E-state index in [4.69, 9.17) is 0 Å². The van der Waals surface area contributed by atoms with E-state index in [9.17, 15) is 9.59 Å². The summed E-state index contributed by atoms with van der Waals surface area (Å²) in [7, 11) is 0. The van der Waals surface area contributed by atoms with Gasteiger partial charge in [0.05, 0.1) is 0 Å². The van der Waals surface area contributed by atoms with Gasteiger partial charge in [-0.05, 0) is 43.7 Å². The summed E-state index contributed by atoms with van der Waals surface area (Å²) in [4.78, 5) is 36.7. The Morgan fingerprint density at radius 2 is 1.92 bits per heavy atom. The Kier molecular flexibility index (Phi) is 6.20. The van der Waals surface area contributed by atoms with Crippen molar-refractivity contribution in [2.24, 2.45) is 11.8 Å². The highest BCUT2D eigenvalue weighted by atomic mass is 16.2. The molecule has 2 aliphatic heterocycles. The van der Waals surface area contributed by atoms with Crippen LogP contribution in [-0.4, -0.2) is 59.4 Å². The number of nitrogens with one attached hydrogen (secondary N) is 1. The summed E-state index contributed by atoms with van der Waals surface area (Å²) in [5.74, 6) is 1.25. The van der Waals surface area contributed by atoms with Crippen LogP contribution in [0, 0.1) is 11.8 Å². The summed E-state index contributed by atoms with van der Waals surface area (Å²) in [6.45, 7) is 7.30. The molecule has 3 heterocycles. The number of likely N-dealkylation sites (tertiary alicyclic amines) is 1. The first-order chi connectivity index (χ1) is 12.7. The maximum atomic E-state index is 12.5. The van der Waals surface area contributed by atoms with Crippen molar-refractivity contribution in [3.63, 3.8) is 0 Å². The van der Waals surface area contributed by atoms with Gasteiger partial charge in [0.25, 0.3) is 0 Å². The summed E-state index contributed by atoms with van der Waals surface area (Å²) in [6, 6.07) is 1.82. The second-order valence-corrected chi connectivity index (χ2v) is 7.05. The number of nitrogens with zero attached hydrogens (tertiary/aromatic N) is 4. The molecule has 0 aromatic carbocycles. The number of hydrogen-bond donors (Lipinski definition) is 1. The Bertz CT molecular complexity index is 628. The van der Waals surface area contributed by atoms with Gasteiger partial charge in [-0.2, -0.15) is 0 Å². The van der Waals surface area contributed by atoms with E-state index in [2.05, 4.69) is 26.8 Å². The molecule has 2 fully saturated rings. The quantitative estimate of drug-likeness (QED) is 0.802. The maximum Gasteiger partial charge on any atom is 0.245 e. The van der Waals surface area contributed by atoms with Crippen molar-refractivity contribution in [2.75, 3.05) is 37.6 Å². The van der Waals surface area contributed by atoms with Crippen molar-refractivity contribution in [3.8, 4) is 0 Å². The van der Waals surface area contributed by atoms with E-state index in [0.717, 1.165) is 44.7 Å². The second kappa shape index (κ2) is 8.78. The van der Waals surface area contributed by atoms with Crippen LogP contribution in [0.1, 0.15) is 25.7 Å². The van der Waals surface area contributed by atoms with Crippen molar-refractivity contribution in [3.05, 3.63) is 31.1 Å². The third-order valence-electron chi connectivity index (χ3n) is 5.27. The minimum absolute atomic E-state index is 0.000940. The highest BCUT2D eigenvalue weighted by Gasteiger charge is 2.27. The molecule has 0 spiro atoms. The van der Waals surface area contributed by atoms with Crippen molar-refractivity contribution < 1.29 is 9.59 Å². The second-order valence-electron chi connectivity index (χ2n) is 7.05. The van der Waals surface area contributed by atoms with E-state index in [1.807, 2.05) is 6.07 Å². The van der Waals surface area contributed by atoms with Gasteiger partial charge in [-0.15, -0.1) is 0 Å². The molecular formula is C19H27N5O2. The van der Waals surface area contributed by atoms with Crippen molar-refractivity contribution in [1.82, 2.24) is 20.2 Å². The van der Waals surface area contributed by atoms with E-state index in [0.29, 0.717) is 25.6 Å². The summed E-state index contributed by atoms with van der Waals surface area (Å²) in [5, 5.41) is 3.12. The Hall–Kier alpha value is -2.44. The SMILES string of the molecule is C=CC(=O)N1CCC(C(=O)NCC2CCCN(c3ncccn3)C2)CC1. The van der Waals surface area contributed by atoms with Gasteiger partial charge in [-0.3, -0.25) is 9.59 Å². The molecule has 0 aliphatic carbocycles. The van der Waals surface area contributed by atoms with E-state index >= 15 is 0 Å². The van der Waals surface area contributed by atoms with Gasteiger partial charge >= 0.3 is 0 Å². The number of amides is 2. The normalized spacial score (nSPS) is 21.3. The first-order valence-corrected chi connectivity index (χ1v) is 9.38. The van der Waals surface area contributed by atoms with Crippen molar-refractivity contribution in [2.45, 2.75) is 25.7 Å². The minimum Gasteiger partial charge on any atom is -0.356 e. The minimum atomic E-state index is -0.0470. The fourth-order valence-corrected chi connectivity index (χ4v) is 3.75. The molecule has 2 saturated heterocycles. The standard InChI is InChI=1S/C19H27N5O2/c1-2-17(25)23-11-6-16(7-12-23)18(26)22-13-15-5-3-10-24(14-15)19-20-8-4-9-21-19/h2,4,8-9,15-16H,1,3,5-7,10-14H2,(H,22,26). The molecule has 0 bridgehead atoms. The van der Waals surface area contributed by atoms with E-state index < -0.39 is 0 Å². The third kappa shape index (κ3) is 4.59. The number of carbonyl (C=O) groups excluding carboxylic acids is 2. The molecule has 3 rings (SSSR count). The first kappa shape index (κ1) is 18.4. The highest BCUT2D eigenvalue weighted by Crippen LogP contribution is 2.21. The van der Waals surface area contributed by atoms with Crippen LogP contribution in [0.3, 0.4) is 0 Å². The Morgan fingerprint density at radius 1 is 1.19 bits per heavy atom. The molecular weight excluding hydrogens is 330 g/mol. The number of aromatic nitrogens is 2. The summed E-state index contributed by atoms with van der Waals surface area (Å²) in [6.07, 6.45) is 8.50. The van der Waals surface area contributed by atoms with Gasteiger partial charge in [0.2, 0.25) is 17.8 Å². The van der Waals surface area contributed by atoms with Gasteiger partial charge < -0.3 is 15.1 Å². The van der Waals surface area contributed by atoms with Crippen LogP contribution < -0.4 is 10.2 Å². The lowest BCUT2D eigenvalue weighted by molar-refractivity contribution is -0.132. The van der Waals surface area contributed by atoms with Crippen LogP contribution in [-0.2, 0) is 9.59 Å². The van der Waals surface area contributed by atoms with E-state index in [1.54, 1.807) is 17.3 Å². The predicted molar refractivity (Wildman–Crippen MR) is 99.5 cm³/mol. The maximum absolute atomic E-state index is 12.5. The predicted octanol–water partition coefficient (Wildman–Crippen LogP) is 1.23. The topological polar surface area (TPSA) is 78.4 Å². The molecule has 7 heteroatoms. The van der Waals surface area contributed by atoms with Crippen molar-refractivity contribution in [1.29, 1.82) is 0 Å². The molecule has 140 valence electrons. The van der Waals surface area contributed by atoms with Crippen LogP contribution in [0.5, 0.6) is 0 Å². The summed E-state index contributed by atoms with van der Waals surface area (Å²) >= 11 is 0. The first-order valence-electron chi connectivity index (χ1n) is 9.38. The van der Waals surface area contributed by atoms with Crippen LogP contribution in [0.2, 0.25) is 0 Å². The number of rotatable bonds is 5. The average molecular weight is 357 g/mol. The van der Waals surface area contributed by atoms with Gasteiger partial charge in [-0.25, -0.2) is 9.97 Å². The molecule has 1 N–H and O–H groups in total. The zero-order chi connectivity index (χ0) is 18.4. The summed E-state index contributed by atoms with van der Waals surface area (Å²) in [5.41, 5.74) is 0. The molecule has 2 amide bonds. The van der Waals surface area contributed by atoms with Gasteiger partial charge in [0, 0.05) is 51.0 Å². The van der Waals surface area contributed by atoms with Gasteiger partial charge in [0.1, 0.15) is 0 Å². The van der Waals surface area contributed by atoms with Crippen LogP contribution in [0.4, 0.5) is 5.95 Å². The van der Waals surface area contributed by atoms with E-state index in [-0.39, 0.29) is 17.7 Å². The third-order valence-corrected chi connectivity index (χ3v) is 5.27. The lowest BCUT2D eigenvalue weighted by Crippen LogP contribution is -2.45. The zero-order valence-electron chi connectivity index (χ0n) is 15.1. The molecule has 7 nitrogen and oxygen atoms in total. The molecule has 1 atom stereocenters. The lowest BCUT2D eigenvalue weighted by Gasteiger charge is -2.34. The number of hydrogen-bond acceptors (Lipinski definition) is 5. The molecule has 1 aromatic heterocycles.